The predicted octanol–water partition coefficient (Wildman–Crippen LogP) is 4.16. The van der Waals surface area contributed by atoms with Crippen LogP contribution in [-0.4, -0.2) is 13.1 Å². The molecule has 0 spiro atoms. The first-order valence-corrected chi connectivity index (χ1v) is 7.77. The van der Waals surface area contributed by atoms with Crippen LogP contribution in [0.1, 0.15) is 35.8 Å². The number of methoxy groups -OCH3 is 1. The summed E-state index contributed by atoms with van der Waals surface area (Å²) in [4.78, 5) is 12.6. The van der Waals surface area contributed by atoms with Gasteiger partial charge in [0.05, 0.1) is 5.57 Å². The first-order chi connectivity index (χ1) is 11.2. The molecular weight excluding hydrogens is 288 g/mol. The second-order valence-corrected chi connectivity index (χ2v) is 5.64. The fourth-order valence-electron chi connectivity index (χ4n) is 2.94. The molecular formula is C20H20O3. The van der Waals surface area contributed by atoms with Crippen molar-refractivity contribution in [1.82, 2.24) is 0 Å². The van der Waals surface area contributed by atoms with E-state index in [1.165, 1.54) is 5.56 Å². The van der Waals surface area contributed by atoms with Gasteiger partial charge in [-0.05, 0) is 30.0 Å². The van der Waals surface area contributed by atoms with Crippen molar-refractivity contribution in [2.75, 3.05) is 7.11 Å². The lowest BCUT2D eigenvalue weighted by atomic mass is 9.89. The van der Waals surface area contributed by atoms with E-state index >= 15 is 0 Å². The quantitative estimate of drug-likeness (QED) is 0.796. The number of carbonyl (C=O) groups excluding carboxylic acids is 1. The average Bonchev–Trinajstić information content (AvgIpc) is 2.61. The summed E-state index contributed by atoms with van der Waals surface area (Å²) in [5.41, 5.74) is 3.78. The lowest BCUT2D eigenvalue weighted by Gasteiger charge is -2.26. The van der Waals surface area contributed by atoms with Crippen LogP contribution >= 0.6 is 0 Å². The van der Waals surface area contributed by atoms with E-state index in [1.54, 1.807) is 7.11 Å². The number of fused-ring (bicyclic) bond motifs is 1. The summed E-state index contributed by atoms with van der Waals surface area (Å²) in [6.07, 6.45) is 1.98. The van der Waals surface area contributed by atoms with E-state index in [4.69, 9.17) is 9.47 Å². The van der Waals surface area contributed by atoms with Gasteiger partial charge in [-0.3, -0.25) is 0 Å². The summed E-state index contributed by atoms with van der Waals surface area (Å²) in [6, 6.07) is 17.8. The molecule has 3 heteroatoms. The summed E-state index contributed by atoms with van der Waals surface area (Å²) < 4.78 is 11.2. The smallest absolute Gasteiger partial charge is 0.337 e. The summed E-state index contributed by atoms with van der Waals surface area (Å²) in [7, 11) is 1.62. The number of hydrogen-bond donors (Lipinski definition) is 0. The molecule has 1 aliphatic carbocycles. The maximum atomic E-state index is 12.6. The van der Waals surface area contributed by atoms with Crippen LogP contribution in [0.2, 0.25) is 0 Å². The van der Waals surface area contributed by atoms with Gasteiger partial charge in [-0.2, -0.15) is 0 Å². The summed E-state index contributed by atoms with van der Waals surface area (Å²) in [5, 5.41) is 0. The third-order valence-electron chi connectivity index (χ3n) is 4.19. The van der Waals surface area contributed by atoms with Crippen LogP contribution < -0.4 is 0 Å². The lowest BCUT2D eigenvalue weighted by Crippen LogP contribution is -2.21. The largest absolute Gasteiger partial charge is 0.454 e. The molecule has 0 aliphatic heterocycles. The van der Waals surface area contributed by atoms with Crippen molar-refractivity contribution < 1.29 is 14.3 Å². The number of esters is 1. The van der Waals surface area contributed by atoms with Crippen LogP contribution in [0, 0.1) is 0 Å². The Labute approximate surface area is 136 Å². The topological polar surface area (TPSA) is 35.5 Å². The van der Waals surface area contributed by atoms with Gasteiger partial charge < -0.3 is 9.47 Å². The molecule has 2 aromatic carbocycles. The van der Waals surface area contributed by atoms with E-state index < -0.39 is 0 Å². The molecule has 1 aliphatic rings. The van der Waals surface area contributed by atoms with Crippen molar-refractivity contribution in [1.29, 1.82) is 0 Å². The standard InChI is InChI=1S/C20H20O3/c1-14(15-8-4-3-5-9-15)23-20(21)18-13-12-16-10-6-7-11-17(16)19(18)22-2/h3-11,13-14,19H,12H2,1-2H3/t14-,19+/m1/s1. The minimum Gasteiger partial charge on any atom is -0.454 e. The molecule has 23 heavy (non-hydrogen) atoms. The van der Waals surface area contributed by atoms with Crippen molar-refractivity contribution in [2.45, 2.75) is 25.6 Å². The summed E-state index contributed by atoms with van der Waals surface area (Å²) >= 11 is 0. The van der Waals surface area contributed by atoms with Crippen molar-refractivity contribution in [2.24, 2.45) is 0 Å². The highest BCUT2D eigenvalue weighted by atomic mass is 16.5. The molecule has 0 bridgehead atoms. The van der Waals surface area contributed by atoms with Gasteiger partial charge in [0.2, 0.25) is 0 Å². The van der Waals surface area contributed by atoms with Crippen molar-refractivity contribution >= 4 is 5.97 Å². The van der Waals surface area contributed by atoms with Gasteiger partial charge in [0.25, 0.3) is 0 Å². The zero-order chi connectivity index (χ0) is 16.2. The maximum absolute atomic E-state index is 12.6. The van der Waals surface area contributed by atoms with Crippen LogP contribution in [0.5, 0.6) is 0 Å². The normalized spacial score (nSPS) is 17.8. The second kappa shape index (κ2) is 6.80. The molecule has 2 aromatic rings. The van der Waals surface area contributed by atoms with E-state index in [2.05, 4.69) is 6.07 Å². The predicted molar refractivity (Wildman–Crippen MR) is 88.9 cm³/mol. The second-order valence-electron chi connectivity index (χ2n) is 5.64. The van der Waals surface area contributed by atoms with Crippen LogP contribution in [0.4, 0.5) is 0 Å². The molecule has 0 radical (unpaired) electrons. The van der Waals surface area contributed by atoms with Crippen molar-refractivity contribution in [3.8, 4) is 0 Å². The summed E-state index contributed by atoms with van der Waals surface area (Å²) in [5.74, 6) is -0.317. The maximum Gasteiger partial charge on any atom is 0.337 e. The van der Waals surface area contributed by atoms with Gasteiger partial charge >= 0.3 is 5.97 Å². The molecule has 0 unspecified atom stereocenters. The molecule has 118 valence electrons. The van der Waals surface area contributed by atoms with E-state index in [0.29, 0.717) is 5.57 Å². The third kappa shape index (κ3) is 3.20. The molecule has 0 saturated heterocycles. The SMILES string of the molecule is CO[C@@H]1C(C(=O)O[C@H](C)c2ccccc2)=CCc2ccccc21. The molecule has 3 rings (SSSR count). The Bertz CT molecular complexity index is 719. The first-order valence-electron chi connectivity index (χ1n) is 7.77. The molecule has 0 heterocycles. The zero-order valence-electron chi connectivity index (χ0n) is 13.4. The average molecular weight is 308 g/mol. The van der Waals surface area contributed by atoms with Crippen LogP contribution in [0.3, 0.4) is 0 Å². The number of rotatable bonds is 4. The fraction of sp³-hybridized carbons (Fsp3) is 0.250. The first kappa shape index (κ1) is 15.5. The molecule has 3 nitrogen and oxygen atoms in total. The highest BCUT2D eigenvalue weighted by molar-refractivity contribution is 5.90. The van der Waals surface area contributed by atoms with Crippen LogP contribution in [-0.2, 0) is 20.7 Å². The lowest BCUT2D eigenvalue weighted by molar-refractivity contribution is -0.145. The molecule has 0 amide bonds. The van der Waals surface area contributed by atoms with Crippen molar-refractivity contribution in [3.05, 3.63) is 82.9 Å². The number of benzene rings is 2. The molecule has 0 saturated carbocycles. The Balaban J connectivity index is 1.79. The monoisotopic (exact) mass is 308 g/mol. The third-order valence-corrected chi connectivity index (χ3v) is 4.19. The van der Waals surface area contributed by atoms with Gasteiger partial charge in [-0.1, -0.05) is 60.7 Å². The highest BCUT2D eigenvalue weighted by Gasteiger charge is 2.29. The molecule has 2 atom stereocenters. The fourth-order valence-corrected chi connectivity index (χ4v) is 2.94. The van der Waals surface area contributed by atoms with Gasteiger partial charge in [-0.25, -0.2) is 4.79 Å². The Morgan fingerprint density at radius 3 is 2.52 bits per heavy atom. The number of allylic oxidation sites excluding steroid dienone is 1. The Morgan fingerprint density at radius 2 is 1.78 bits per heavy atom. The molecule has 0 N–H and O–H groups in total. The number of hydrogen-bond acceptors (Lipinski definition) is 3. The minimum atomic E-state index is -0.365. The van der Waals surface area contributed by atoms with Crippen molar-refractivity contribution in [3.63, 3.8) is 0 Å². The molecule has 0 aromatic heterocycles. The van der Waals surface area contributed by atoms with Crippen LogP contribution in [0.25, 0.3) is 0 Å². The van der Waals surface area contributed by atoms with E-state index in [0.717, 1.165) is 17.5 Å². The highest BCUT2D eigenvalue weighted by Crippen LogP contribution is 2.34. The van der Waals surface area contributed by atoms with E-state index in [9.17, 15) is 4.79 Å². The zero-order valence-corrected chi connectivity index (χ0v) is 13.4. The minimum absolute atomic E-state index is 0.292. The van der Waals surface area contributed by atoms with Gasteiger partial charge in [-0.15, -0.1) is 0 Å². The van der Waals surface area contributed by atoms with E-state index in [1.807, 2.05) is 61.5 Å². The van der Waals surface area contributed by atoms with Gasteiger partial charge in [0.1, 0.15) is 12.2 Å². The Hall–Kier alpha value is -2.39. The van der Waals surface area contributed by atoms with Crippen LogP contribution in [0.15, 0.2) is 66.2 Å². The number of ether oxygens (including phenoxy) is 2. The Kier molecular flexibility index (Phi) is 4.58. The summed E-state index contributed by atoms with van der Waals surface area (Å²) in [6.45, 7) is 1.88. The van der Waals surface area contributed by atoms with Gasteiger partial charge in [0.15, 0.2) is 0 Å². The Morgan fingerprint density at radius 1 is 1.09 bits per heavy atom. The van der Waals surface area contributed by atoms with E-state index in [-0.39, 0.29) is 18.2 Å². The molecule has 0 fully saturated rings. The number of carbonyl (C=O) groups is 1. The van der Waals surface area contributed by atoms with Gasteiger partial charge in [0, 0.05) is 7.11 Å².